The number of nitrogens with zero attached hydrogens (tertiary/aromatic N) is 3. The molecule has 1 atom stereocenters. The molecule has 2 aromatic rings. The average Bonchev–Trinajstić information content (AvgIpc) is 2.88. The molecule has 0 unspecified atom stereocenters. The maximum absolute atomic E-state index is 13.4. The van der Waals surface area contributed by atoms with E-state index in [-0.39, 0.29) is 30.0 Å². The predicted octanol–water partition coefficient (Wildman–Crippen LogP) is 2.38. The summed E-state index contributed by atoms with van der Waals surface area (Å²) in [6.07, 6.45) is 3.06. The van der Waals surface area contributed by atoms with Crippen LogP contribution in [-0.4, -0.2) is 66.4 Å². The number of carbonyl (C=O) groups excluding carboxylic acids is 3. The smallest absolute Gasteiger partial charge is 0.245 e. The summed E-state index contributed by atoms with van der Waals surface area (Å²) in [7, 11) is 0. The van der Waals surface area contributed by atoms with Crippen molar-refractivity contribution in [3.05, 3.63) is 72.2 Å². The Hall–Kier alpha value is -3.75. The molecule has 192 valence electrons. The van der Waals surface area contributed by atoms with Gasteiger partial charge in [-0.05, 0) is 62.1 Å². The maximum Gasteiger partial charge on any atom is 0.245 e. The number of unbranched alkanes of at least 4 members (excludes halogenated alkanes) is 1. The van der Waals surface area contributed by atoms with E-state index < -0.39 is 6.04 Å². The SMILES string of the molecule is C=CC(=O)NCCCC[C@H](NC(=O)Cc1ccc(F)cc1)C(=O)N1CCN(c2cccc(C)n2)CC1. The van der Waals surface area contributed by atoms with Gasteiger partial charge in [0.25, 0.3) is 0 Å². The summed E-state index contributed by atoms with van der Waals surface area (Å²) >= 11 is 0. The molecule has 9 heteroatoms. The molecule has 1 saturated heterocycles. The number of rotatable bonds is 11. The van der Waals surface area contributed by atoms with Crippen molar-refractivity contribution in [2.45, 2.75) is 38.6 Å². The zero-order valence-electron chi connectivity index (χ0n) is 20.7. The van der Waals surface area contributed by atoms with E-state index in [0.717, 1.165) is 11.5 Å². The molecule has 8 nitrogen and oxygen atoms in total. The van der Waals surface area contributed by atoms with E-state index >= 15 is 0 Å². The van der Waals surface area contributed by atoms with Gasteiger partial charge in [0.1, 0.15) is 17.7 Å². The molecular formula is C27H34FN5O3. The second-order valence-corrected chi connectivity index (χ2v) is 8.86. The number of benzene rings is 1. The second kappa shape index (κ2) is 13.4. The molecule has 1 aromatic heterocycles. The Morgan fingerprint density at radius 1 is 1.08 bits per heavy atom. The molecule has 0 aliphatic carbocycles. The Labute approximate surface area is 211 Å². The van der Waals surface area contributed by atoms with E-state index in [0.29, 0.717) is 57.5 Å². The van der Waals surface area contributed by atoms with Crippen LogP contribution in [-0.2, 0) is 20.8 Å². The highest BCUT2D eigenvalue weighted by Crippen LogP contribution is 2.16. The topological polar surface area (TPSA) is 94.6 Å². The van der Waals surface area contributed by atoms with Crippen LogP contribution in [0.4, 0.5) is 10.2 Å². The van der Waals surface area contributed by atoms with Gasteiger partial charge in [0, 0.05) is 38.4 Å². The van der Waals surface area contributed by atoms with E-state index in [1.165, 1.54) is 18.2 Å². The summed E-state index contributed by atoms with van der Waals surface area (Å²) < 4.78 is 13.2. The molecule has 3 rings (SSSR count). The summed E-state index contributed by atoms with van der Waals surface area (Å²) in [6.45, 7) is 8.23. The van der Waals surface area contributed by atoms with Gasteiger partial charge in [0.15, 0.2) is 0 Å². The molecular weight excluding hydrogens is 461 g/mol. The van der Waals surface area contributed by atoms with Crippen molar-refractivity contribution in [1.82, 2.24) is 20.5 Å². The average molecular weight is 496 g/mol. The number of anilines is 1. The lowest BCUT2D eigenvalue weighted by Gasteiger charge is -2.37. The van der Waals surface area contributed by atoms with Crippen LogP contribution < -0.4 is 15.5 Å². The molecule has 0 spiro atoms. The Morgan fingerprint density at radius 2 is 1.81 bits per heavy atom. The van der Waals surface area contributed by atoms with Crippen LogP contribution in [0.15, 0.2) is 55.1 Å². The first-order valence-electron chi connectivity index (χ1n) is 12.3. The van der Waals surface area contributed by atoms with Gasteiger partial charge >= 0.3 is 0 Å². The van der Waals surface area contributed by atoms with Crippen molar-refractivity contribution < 1.29 is 18.8 Å². The second-order valence-electron chi connectivity index (χ2n) is 8.86. The number of hydrogen-bond acceptors (Lipinski definition) is 5. The van der Waals surface area contributed by atoms with Crippen LogP contribution in [0.5, 0.6) is 0 Å². The Morgan fingerprint density at radius 3 is 2.47 bits per heavy atom. The highest BCUT2D eigenvalue weighted by Gasteiger charge is 2.28. The number of aryl methyl sites for hydroxylation is 1. The number of amides is 3. The minimum Gasteiger partial charge on any atom is -0.353 e. The van der Waals surface area contributed by atoms with E-state index in [4.69, 9.17) is 0 Å². The summed E-state index contributed by atoms with van der Waals surface area (Å²) in [5.74, 6) is -0.114. The van der Waals surface area contributed by atoms with Crippen LogP contribution in [0.25, 0.3) is 0 Å². The molecule has 0 saturated carbocycles. The number of aromatic nitrogens is 1. The standard InChI is InChI=1S/C27H34FN5O3/c1-3-25(34)29-14-5-4-8-23(31-26(35)19-21-10-12-22(28)13-11-21)27(36)33-17-15-32(16-18-33)24-9-6-7-20(2)30-24/h3,6-7,9-13,23H,1,4-5,8,14-19H2,2H3,(H,29,34)(H,31,35)/t23-/m0/s1. The highest BCUT2D eigenvalue weighted by atomic mass is 19.1. The van der Waals surface area contributed by atoms with Gasteiger partial charge in [-0.25, -0.2) is 9.37 Å². The highest BCUT2D eigenvalue weighted by molar-refractivity contribution is 5.88. The van der Waals surface area contributed by atoms with Crippen LogP contribution >= 0.6 is 0 Å². The molecule has 1 aliphatic heterocycles. The number of hydrogen-bond donors (Lipinski definition) is 2. The van der Waals surface area contributed by atoms with Crippen molar-refractivity contribution in [3.8, 4) is 0 Å². The third-order valence-electron chi connectivity index (χ3n) is 6.10. The van der Waals surface area contributed by atoms with Gasteiger partial charge < -0.3 is 20.4 Å². The van der Waals surface area contributed by atoms with E-state index in [1.807, 2.05) is 25.1 Å². The van der Waals surface area contributed by atoms with Gasteiger partial charge in [-0.1, -0.05) is 24.8 Å². The Bertz CT molecular complexity index is 1050. The third kappa shape index (κ3) is 8.18. The van der Waals surface area contributed by atoms with Crippen LogP contribution in [0.1, 0.15) is 30.5 Å². The molecule has 36 heavy (non-hydrogen) atoms. The van der Waals surface area contributed by atoms with Crippen LogP contribution in [0.2, 0.25) is 0 Å². The van der Waals surface area contributed by atoms with Crippen molar-refractivity contribution >= 4 is 23.5 Å². The van der Waals surface area contributed by atoms with Crippen molar-refractivity contribution in [2.75, 3.05) is 37.6 Å². The minimum atomic E-state index is -0.670. The fourth-order valence-corrected chi connectivity index (χ4v) is 4.13. The number of halogens is 1. The quantitative estimate of drug-likeness (QED) is 0.369. The van der Waals surface area contributed by atoms with Crippen LogP contribution in [0.3, 0.4) is 0 Å². The zero-order chi connectivity index (χ0) is 25.9. The molecule has 1 aliphatic rings. The number of nitrogens with one attached hydrogen (secondary N) is 2. The zero-order valence-corrected chi connectivity index (χ0v) is 20.7. The third-order valence-corrected chi connectivity index (χ3v) is 6.10. The van der Waals surface area contributed by atoms with Crippen molar-refractivity contribution in [3.63, 3.8) is 0 Å². The first kappa shape index (κ1) is 26.8. The molecule has 1 fully saturated rings. The Kier molecular flexibility index (Phi) is 9.97. The molecule has 2 N–H and O–H groups in total. The fourth-order valence-electron chi connectivity index (χ4n) is 4.13. The fraction of sp³-hybridized carbons (Fsp3) is 0.407. The summed E-state index contributed by atoms with van der Waals surface area (Å²) in [5, 5.41) is 5.60. The number of piperazine rings is 1. The largest absolute Gasteiger partial charge is 0.353 e. The molecule has 2 heterocycles. The van der Waals surface area contributed by atoms with Gasteiger partial charge in [-0.2, -0.15) is 0 Å². The number of pyridine rings is 1. The molecule has 0 bridgehead atoms. The minimum absolute atomic E-state index is 0.0618. The van der Waals surface area contributed by atoms with E-state index in [9.17, 15) is 18.8 Å². The van der Waals surface area contributed by atoms with E-state index in [2.05, 4.69) is 27.1 Å². The van der Waals surface area contributed by atoms with Gasteiger partial charge in [-0.3, -0.25) is 14.4 Å². The first-order valence-corrected chi connectivity index (χ1v) is 12.3. The first-order chi connectivity index (χ1) is 17.4. The predicted molar refractivity (Wildman–Crippen MR) is 137 cm³/mol. The number of carbonyl (C=O) groups is 3. The van der Waals surface area contributed by atoms with Gasteiger partial charge in [0.2, 0.25) is 17.7 Å². The van der Waals surface area contributed by atoms with Crippen molar-refractivity contribution in [2.24, 2.45) is 0 Å². The van der Waals surface area contributed by atoms with Gasteiger partial charge in [0.05, 0.1) is 6.42 Å². The molecule has 3 amide bonds. The van der Waals surface area contributed by atoms with Crippen molar-refractivity contribution in [1.29, 1.82) is 0 Å². The summed E-state index contributed by atoms with van der Waals surface area (Å²) in [5.41, 5.74) is 1.62. The lowest BCUT2D eigenvalue weighted by atomic mass is 10.1. The van der Waals surface area contributed by atoms with E-state index in [1.54, 1.807) is 17.0 Å². The molecule has 0 radical (unpaired) electrons. The summed E-state index contributed by atoms with van der Waals surface area (Å²) in [6, 6.07) is 11.0. The van der Waals surface area contributed by atoms with Crippen LogP contribution in [0, 0.1) is 12.7 Å². The lowest BCUT2D eigenvalue weighted by Crippen LogP contribution is -2.55. The molecule has 1 aromatic carbocycles. The Balaban J connectivity index is 1.58. The normalized spacial score (nSPS) is 14.2. The van der Waals surface area contributed by atoms with Gasteiger partial charge in [-0.15, -0.1) is 0 Å². The summed E-state index contributed by atoms with van der Waals surface area (Å²) in [4.78, 5) is 46.0. The maximum atomic E-state index is 13.4. The lowest BCUT2D eigenvalue weighted by molar-refractivity contribution is -0.136. The monoisotopic (exact) mass is 495 g/mol.